The summed E-state index contributed by atoms with van der Waals surface area (Å²) >= 11 is 3.36. The van der Waals surface area contributed by atoms with Crippen LogP contribution in [-0.4, -0.2) is 18.2 Å². The highest BCUT2D eigenvalue weighted by Gasteiger charge is 2.17. The van der Waals surface area contributed by atoms with E-state index in [2.05, 4.69) is 33.0 Å². The first-order chi connectivity index (χ1) is 6.34. The van der Waals surface area contributed by atoms with Crippen molar-refractivity contribution in [2.75, 3.05) is 13.2 Å². The van der Waals surface area contributed by atoms with Crippen molar-refractivity contribution >= 4 is 15.9 Å². The highest BCUT2D eigenvalue weighted by atomic mass is 79.9. The molecule has 1 aliphatic heterocycles. The number of nitrogens with zero attached hydrogens (tertiary/aromatic N) is 1. The van der Waals surface area contributed by atoms with E-state index >= 15 is 0 Å². The molecule has 0 atom stereocenters. The van der Waals surface area contributed by atoms with Gasteiger partial charge in [0, 0.05) is 12.1 Å². The minimum absolute atomic E-state index is 0.784. The fourth-order valence-corrected chi connectivity index (χ4v) is 1.83. The highest BCUT2D eigenvalue weighted by molar-refractivity contribution is 9.10. The van der Waals surface area contributed by atoms with E-state index in [-0.39, 0.29) is 0 Å². The van der Waals surface area contributed by atoms with Crippen LogP contribution in [0.4, 0.5) is 0 Å². The van der Waals surface area contributed by atoms with E-state index in [1.54, 1.807) is 0 Å². The van der Waals surface area contributed by atoms with Crippen LogP contribution >= 0.6 is 15.9 Å². The summed E-state index contributed by atoms with van der Waals surface area (Å²) in [6.45, 7) is 1.90. The Labute approximate surface area is 86.5 Å². The maximum atomic E-state index is 5.13. The minimum atomic E-state index is 0.784. The average molecular weight is 242 g/mol. The molecular formula is C10H12BrNO. The van der Waals surface area contributed by atoms with Gasteiger partial charge in [0.2, 0.25) is 0 Å². The normalized spacial score (nSPS) is 17.0. The molecule has 70 valence electrons. The molecule has 1 aliphatic rings. The zero-order valence-electron chi connectivity index (χ0n) is 7.37. The molecule has 0 amide bonds. The molecule has 0 aromatic carbocycles. The highest BCUT2D eigenvalue weighted by Crippen LogP contribution is 2.18. The lowest BCUT2D eigenvalue weighted by Gasteiger charge is -2.25. The molecular weight excluding hydrogens is 230 g/mol. The molecule has 0 saturated carbocycles. The van der Waals surface area contributed by atoms with Crippen LogP contribution < -0.4 is 0 Å². The van der Waals surface area contributed by atoms with Gasteiger partial charge < -0.3 is 4.74 Å². The topological polar surface area (TPSA) is 22.1 Å². The maximum absolute atomic E-state index is 5.13. The molecule has 1 saturated heterocycles. The number of ether oxygens (including phenoxy) is 1. The van der Waals surface area contributed by atoms with Crippen LogP contribution in [0.3, 0.4) is 0 Å². The Morgan fingerprint density at radius 3 is 3.00 bits per heavy atom. The van der Waals surface area contributed by atoms with Crippen molar-refractivity contribution in [3.8, 4) is 0 Å². The van der Waals surface area contributed by atoms with Crippen molar-refractivity contribution in [1.82, 2.24) is 4.98 Å². The van der Waals surface area contributed by atoms with E-state index in [1.807, 2.05) is 6.20 Å². The van der Waals surface area contributed by atoms with Gasteiger partial charge in [-0.25, -0.2) is 4.98 Å². The van der Waals surface area contributed by atoms with Crippen LogP contribution in [0.15, 0.2) is 22.9 Å². The number of rotatable bonds is 3. The molecule has 0 spiro atoms. The first-order valence-electron chi connectivity index (χ1n) is 4.53. The van der Waals surface area contributed by atoms with Crippen molar-refractivity contribution in [2.45, 2.75) is 12.8 Å². The van der Waals surface area contributed by atoms with Crippen molar-refractivity contribution in [2.24, 2.45) is 5.92 Å². The zero-order chi connectivity index (χ0) is 9.10. The molecule has 0 radical (unpaired) electrons. The molecule has 0 N–H and O–H groups in total. The third-order valence-electron chi connectivity index (χ3n) is 2.34. The number of halogens is 1. The van der Waals surface area contributed by atoms with Gasteiger partial charge in [-0.3, -0.25) is 0 Å². The Morgan fingerprint density at radius 1 is 1.54 bits per heavy atom. The van der Waals surface area contributed by atoms with E-state index in [0.717, 1.165) is 30.2 Å². The summed E-state index contributed by atoms with van der Waals surface area (Å²) in [6, 6.07) is 4.16. The van der Waals surface area contributed by atoms with Crippen LogP contribution in [0, 0.1) is 5.92 Å². The molecule has 2 heterocycles. The smallest absolute Gasteiger partial charge is 0.106 e. The lowest BCUT2D eigenvalue weighted by molar-refractivity contribution is -0.0352. The largest absolute Gasteiger partial charge is 0.381 e. The van der Waals surface area contributed by atoms with Gasteiger partial charge >= 0.3 is 0 Å². The number of pyridine rings is 1. The quantitative estimate of drug-likeness (QED) is 0.759. The molecule has 1 fully saturated rings. The van der Waals surface area contributed by atoms with Crippen LogP contribution in [0.25, 0.3) is 0 Å². The Kier molecular flexibility index (Phi) is 2.96. The van der Waals surface area contributed by atoms with Gasteiger partial charge in [0.1, 0.15) is 4.60 Å². The van der Waals surface area contributed by atoms with E-state index in [0.29, 0.717) is 0 Å². The van der Waals surface area contributed by atoms with Gasteiger partial charge in [-0.2, -0.15) is 0 Å². The average Bonchev–Trinajstić information content (AvgIpc) is 2.01. The minimum Gasteiger partial charge on any atom is -0.381 e. The summed E-state index contributed by atoms with van der Waals surface area (Å²) in [7, 11) is 0. The van der Waals surface area contributed by atoms with Crippen molar-refractivity contribution in [3.05, 3.63) is 28.5 Å². The zero-order valence-corrected chi connectivity index (χ0v) is 8.96. The standard InChI is InChI=1S/C10H12BrNO/c11-10-5-8(3-4-12-10)1-2-9-6-13-7-9/h3-5,9H,1-2,6-7H2. The predicted molar refractivity (Wildman–Crippen MR) is 54.6 cm³/mol. The van der Waals surface area contributed by atoms with Gasteiger partial charge in [0.15, 0.2) is 0 Å². The molecule has 1 aromatic rings. The summed E-state index contributed by atoms with van der Waals surface area (Å²) < 4.78 is 6.05. The van der Waals surface area contributed by atoms with Crippen LogP contribution in [-0.2, 0) is 11.2 Å². The van der Waals surface area contributed by atoms with E-state index in [4.69, 9.17) is 4.74 Å². The third-order valence-corrected chi connectivity index (χ3v) is 2.77. The van der Waals surface area contributed by atoms with Crippen LogP contribution in [0.1, 0.15) is 12.0 Å². The number of hydrogen-bond donors (Lipinski definition) is 0. The van der Waals surface area contributed by atoms with Gasteiger partial charge in [-0.15, -0.1) is 0 Å². The Balaban J connectivity index is 1.86. The second kappa shape index (κ2) is 4.20. The summed E-state index contributed by atoms with van der Waals surface area (Å²) in [6.07, 6.45) is 4.21. The molecule has 0 aliphatic carbocycles. The Bertz CT molecular complexity index is 286. The number of aromatic nitrogens is 1. The summed E-state index contributed by atoms with van der Waals surface area (Å²) in [4.78, 5) is 4.09. The van der Waals surface area contributed by atoms with Gasteiger partial charge in [-0.1, -0.05) is 0 Å². The molecule has 0 unspecified atom stereocenters. The first-order valence-corrected chi connectivity index (χ1v) is 5.32. The van der Waals surface area contributed by atoms with Crippen LogP contribution in [0.2, 0.25) is 0 Å². The SMILES string of the molecule is Brc1cc(CCC2COC2)ccn1. The predicted octanol–water partition coefficient (Wildman–Crippen LogP) is 2.42. The number of aryl methyl sites for hydroxylation is 1. The summed E-state index contributed by atoms with van der Waals surface area (Å²) in [5.41, 5.74) is 1.36. The van der Waals surface area contributed by atoms with E-state index in [1.165, 1.54) is 12.0 Å². The third kappa shape index (κ3) is 2.51. The first kappa shape index (κ1) is 9.16. The molecule has 2 nitrogen and oxygen atoms in total. The van der Waals surface area contributed by atoms with E-state index < -0.39 is 0 Å². The lowest BCUT2D eigenvalue weighted by Crippen LogP contribution is -2.27. The summed E-state index contributed by atoms with van der Waals surface area (Å²) in [5, 5.41) is 0. The van der Waals surface area contributed by atoms with Gasteiger partial charge in [0.05, 0.1) is 13.2 Å². The Hall–Kier alpha value is -0.410. The Morgan fingerprint density at radius 2 is 2.38 bits per heavy atom. The maximum Gasteiger partial charge on any atom is 0.106 e. The molecule has 3 heteroatoms. The fraction of sp³-hybridized carbons (Fsp3) is 0.500. The fourth-order valence-electron chi connectivity index (χ4n) is 1.42. The second-order valence-electron chi connectivity index (χ2n) is 3.43. The summed E-state index contributed by atoms with van der Waals surface area (Å²) in [5.74, 6) is 0.784. The molecule has 2 rings (SSSR count). The van der Waals surface area contributed by atoms with E-state index in [9.17, 15) is 0 Å². The second-order valence-corrected chi connectivity index (χ2v) is 4.24. The molecule has 13 heavy (non-hydrogen) atoms. The monoisotopic (exact) mass is 241 g/mol. The molecule has 1 aromatic heterocycles. The van der Waals surface area contributed by atoms with Gasteiger partial charge in [-0.05, 0) is 46.5 Å². The van der Waals surface area contributed by atoms with Crippen LogP contribution in [0.5, 0.6) is 0 Å². The van der Waals surface area contributed by atoms with Crippen molar-refractivity contribution < 1.29 is 4.74 Å². The molecule has 0 bridgehead atoms. The lowest BCUT2D eigenvalue weighted by atomic mass is 9.99. The number of hydrogen-bond acceptors (Lipinski definition) is 2. The van der Waals surface area contributed by atoms with Gasteiger partial charge in [0.25, 0.3) is 0 Å². The van der Waals surface area contributed by atoms with Crippen molar-refractivity contribution in [3.63, 3.8) is 0 Å². The van der Waals surface area contributed by atoms with Crippen molar-refractivity contribution in [1.29, 1.82) is 0 Å².